The number of carbonyl (C=O) groups is 1. The van der Waals surface area contributed by atoms with Crippen molar-refractivity contribution >= 4 is 85.5 Å². The van der Waals surface area contributed by atoms with E-state index in [-0.39, 0.29) is 11.7 Å². The molecule has 2 heterocycles. The Hall–Kier alpha value is -1.27. The van der Waals surface area contributed by atoms with Crippen molar-refractivity contribution in [3.63, 3.8) is 0 Å². The fourth-order valence-corrected chi connectivity index (χ4v) is 6.65. The van der Waals surface area contributed by atoms with Crippen LogP contribution in [-0.4, -0.2) is 40.7 Å². The number of phenols is 1. The Bertz CT molecular complexity index is 1050. The van der Waals surface area contributed by atoms with Gasteiger partial charge >= 0.3 is 0 Å². The van der Waals surface area contributed by atoms with Crippen molar-refractivity contribution in [3.05, 3.63) is 54.0 Å². The van der Waals surface area contributed by atoms with E-state index in [4.69, 9.17) is 4.99 Å². The average Bonchev–Trinajstić information content (AvgIpc) is 3.06. The van der Waals surface area contributed by atoms with E-state index < -0.39 is 0 Å². The fourth-order valence-electron chi connectivity index (χ4n) is 3.71. The summed E-state index contributed by atoms with van der Waals surface area (Å²) in [6.07, 6.45) is 5.57. The van der Waals surface area contributed by atoms with Gasteiger partial charge < -0.3 is 10.0 Å². The van der Waals surface area contributed by atoms with E-state index >= 15 is 0 Å². The number of nitrogens with zero attached hydrogens (tertiary/aromatic N) is 3. The SMILES string of the molecule is CCN1C(=O)/C(=C/c2cc(I)cc(I)c2O)SC1=Nc1ccc(N2CCCCC2)cc1. The number of hydrogen-bond donors (Lipinski definition) is 1. The van der Waals surface area contributed by atoms with Crippen LogP contribution in [0.3, 0.4) is 0 Å². The summed E-state index contributed by atoms with van der Waals surface area (Å²) in [4.78, 5) is 22.4. The third-order valence-corrected chi connectivity index (χ3v) is 7.80. The van der Waals surface area contributed by atoms with Crippen LogP contribution in [0.2, 0.25) is 0 Å². The number of amidine groups is 1. The molecule has 31 heavy (non-hydrogen) atoms. The number of thioether (sulfide) groups is 1. The van der Waals surface area contributed by atoms with Crippen molar-refractivity contribution in [2.45, 2.75) is 26.2 Å². The van der Waals surface area contributed by atoms with Gasteiger partial charge in [-0.05, 0) is 126 Å². The molecule has 2 aromatic carbocycles. The Morgan fingerprint density at radius 3 is 2.52 bits per heavy atom. The number of aromatic hydroxyl groups is 1. The third-order valence-electron chi connectivity index (χ3n) is 5.34. The van der Waals surface area contributed by atoms with Crippen molar-refractivity contribution < 1.29 is 9.90 Å². The van der Waals surface area contributed by atoms with Crippen LogP contribution in [0.1, 0.15) is 31.7 Å². The molecule has 0 saturated carbocycles. The molecule has 2 saturated heterocycles. The normalized spacial score (nSPS) is 19.6. The molecular weight excluding hydrogens is 636 g/mol. The minimum Gasteiger partial charge on any atom is -0.506 e. The molecule has 0 aliphatic carbocycles. The highest BCUT2D eigenvalue weighted by atomic mass is 127. The summed E-state index contributed by atoms with van der Waals surface area (Å²) in [5.74, 6) is 0.119. The average molecular weight is 659 g/mol. The Morgan fingerprint density at radius 2 is 1.84 bits per heavy atom. The Labute approximate surface area is 214 Å². The molecule has 0 bridgehead atoms. The van der Waals surface area contributed by atoms with Gasteiger partial charge in [-0.15, -0.1) is 0 Å². The molecule has 4 rings (SSSR count). The summed E-state index contributed by atoms with van der Waals surface area (Å²) in [7, 11) is 0. The number of phenolic OH excluding ortho intramolecular Hbond substituents is 1. The number of carbonyl (C=O) groups excluding carboxylic acids is 1. The van der Waals surface area contributed by atoms with Crippen LogP contribution in [0.15, 0.2) is 46.3 Å². The zero-order chi connectivity index (χ0) is 22.0. The molecular formula is C23H23I2N3O2S. The summed E-state index contributed by atoms with van der Waals surface area (Å²) < 4.78 is 1.78. The number of piperidine rings is 1. The van der Waals surface area contributed by atoms with Gasteiger partial charge in [-0.2, -0.15) is 0 Å². The quantitative estimate of drug-likeness (QED) is 0.313. The predicted octanol–water partition coefficient (Wildman–Crippen LogP) is 6.22. The van der Waals surface area contributed by atoms with Crippen molar-refractivity contribution in [3.8, 4) is 5.75 Å². The highest BCUT2D eigenvalue weighted by molar-refractivity contribution is 14.1. The zero-order valence-electron chi connectivity index (χ0n) is 17.1. The molecule has 0 radical (unpaired) electrons. The molecule has 2 aromatic rings. The summed E-state index contributed by atoms with van der Waals surface area (Å²) in [5.41, 5.74) is 2.72. The van der Waals surface area contributed by atoms with Crippen LogP contribution in [0.25, 0.3) is 6.08 Å². The van der Waals surface area contributed by atoms with Crippen LogP contribution >= 0.6 is 56.9 Å². The topological polar surface area (TPSA) is 56.1 Å². The van der Waals surface area contributed by atoms with E-state index in [1.54, 1.807) is 11.0 Å². The predicted molar refractivity (Wildman–Crippen MR) is 146 cm³/mol. The molecule has 2 aliphatic heterocycles. The van der Waals surface area contributed by atoms with Crippen LogP contribution in [0.4, 0.5) is 11.4 Å². The van der Waals surface area contributed by atoms with Gasteiger partial charge in [0.15, 0.2) is 5.17 Å². The lowest BCUT2D eigenvalue weighted by atomic mass is 10.1. The van der Waals surface area contributed by atoms with E-state index in [0.717, 1.165) is 25.9 Å². The maximum absolute atomic E-state index is 12.9. The minimum atomic E-state index is -0.0792. The molecule has 1 N–H and O–H groups in total. The van der Waals surface area contributed by atoms with Crippen LogP contribution in [0.5, 0.6) is 5.75 Å². The number of rotatable bonds is 4. The van der Waals surface area contributed by atoms with Gasteiger partial charge in [0.2, 0.25) is 0 Å². The second kappa shape index (κ2) is 10.1. The highest BCUT2D eigenvalue weighted by Gasteiger charge is 2.32. The molecule has 162 valence electrons. The van der Waals surface area contributed by atoms with E-state index in [0.29, 0.717) is 22.2 Å². The number of anilines is 1. The lowest BCUT2D eigenvalue weighted by Gasteiger charge is -2.28. The summed E-state index contributed by atoms with van der Waals surface area (Å²) >= 11 is 5.67. The fraction of sp³-hybridized carbons (Fsp3) is 0.304. The first kappa shape index (κ1) is 22.9. The first-order chi connectivity index (χ1) is 15.0. The molecule has 1 amide bonds. The van der Waals surface area contributed by atoms with Gasteiger partial charge in [0, 0.05) is 34.5 Å². The van der Waals surface area contributed by atoms with Gasteiger partial charge in [-0.1, -0.05) is 0 Å². The second-order valence-electron chi connectivity index (χ2n) is 7.44. The maximum Gasteiger partial charge on any atom is 0.266 e. The first-order valence-electron chi connectivity index (χ1n) is 10.3. The highest BCUT2D eigenvalue weighted by Crippen LogP contribution is 2.37. The molecule has 2 fully saturated rings. The summed E-state index contributed by atoms with van der Waals surface area (Å²) in [6, 6.07) is 12.1. The van der Waals surface area contributed by atoms with Crippen LogP contribution in [-0.2, 0) is 4.79 Å². The number of amides is 1. The van der Waals surface area contributed by atoms with E-state index in [1.165, 1.54) is 36.7 Å². The molecule has 0 atom stereocenters. The lowest BCUT2D eigenvalue weighted by Crippen LogP contribution is -2.29. The smallest absolute Gasteiger partial charge is 0.266 e. The summed E-state index contributed by atoms with van der Waals surface area (Å²) in [6.45, 7) is 4.71. The number of benzene rings is 2. The zero-order valence-corrected chi connectivity index (χ0v) is 22.3. The molecule has 5 nitrogen and oxygen atoms in total. The first-order valence-corrected chi connectivity index (χ1v) is 13.3. The van der Waals surface area contributed by atoms with Crippen molar-refractivity contribution in [1.82, 2.24) is 4.90 Å². The largest absolute Gasteiger partial charge is 0.506 e. The number of likely N-dealkylation sites (N-methyl/N-ethyl adjacent to an activating group) is 1. The van der Waals surface area contributed by atoms with Crippen LogP contribution in [0, 0.1) is 7.14 Å². The standard InChI is InChI=1S/C23H23I2N3O2S/c1-2-28-22(30)20(13-15-12-16(24)14-19(25)21(15)29)31-23(28)26-17-6-8-18(9-7-17)27-10-4-3-5-11-27/h6-9,12-14,29H,2-5,10-11H2,1H3/b20-13-,26-23?. The molecule has 0 aromatic heterocycles. The summed E-state index contributed by atoms with van der Waals surface area (Å²) in [5, 5.41) is 11.1. The van der Waals surface area contributed by atoms with Crippen molar-refractivity contribution in [2.24, 2.45) is 4.99 Å². The Kier molecular flexibility index (Phi) is 7.48. The van der Waals surface area contributed by atoms with E-state index in [9.17, 15) is 9.90 Å². The number of aliphatic imine (C=N–C) groups is 1. The molecule has 0 spiro atoms. The van der Waals surface area contributed by atoms with Gasteiger partial charge in [0.1, 0.15) is 5.75 Å². The lowest BCUT2D eigenvalue weighted by molar-refractivity contribution is -0.122. The monoisotopic (exact) mass is 659 g/mol. The Balaban J connectivity index is 1.59. The van der Waals surface area contributed by atoms with Gasteiger partial charge in [-0.25, -0.2) is 4.99 Å². The number of hydrogen-bond acceptors (Lipinski definition) is 5. The van der Waals surface area contributed by atoms with Gasteiger partial charge in [0.25, 0.3) is 5.91 Å². The third kappa shape index (κ3) is 5.22. The second-order valence-corrected chi connectivity index (χ2v) is 10.9. The van der Waals surface area contributed by atoms with Gasteiger partial charge in [-0.3, -0.25) is 9.69 Å². The van der Waals surface area contributed by atoms with Gasteiger partial charge in [0.05, 0.1) is 14.2 Å². The van der Waals surface area contributed by atoms with Crippen molar-refractivity contribution in [1.29, 1.82) is 0 Å². The van der Waals surface area contributed by atoms with E-state index in [1.807, 2.05) is 31.2 Å². The Morgan fingerprint density at radius 1 is 1.13 bits per heavy atom. The number of halogens is 2. The maximum atomic E-state index is 12.9. The van der Waals surface area contributed by atoms with Crippen molar-refractivity contribution in [2.75, 3.05) is 24.5 Å². The van der Waals surface area contributed by atoms with E-state index in [2.05, 4.69) is 62.2 Å². The molecule has 0 unspecified atom stereocenters. The minimum absolute atomic E-state index is 0.0792. The molecule has 8 heteroatoms. The molecule has 2 aliphatic rings. The van der Waals surface area contributed by atoms with Crippen LogP contribution < -0.4 is 4.90 Å².